The summed E-state index contributed by atoms with van der Waals surface area (Å²) in [5.41, 5.74) is 3.70. The van der Waals surface area contributed by atoms with Gasteiger partial charge in [0.2, 0.25) is 5.91 Å². The summed E-state index contributed by atoms with van der Waals surface area (Å²) < 4.78 is 6.85. The highest BCUT2D eigenvalue weighted by atomic mass is 35.5. The van der Waals surface area contributed by atoms with Gasteiger partial charge in [-0.05, 0) is 52.8 Å². The molecule has 228 valence electrons. The number of aromatic amines is 1. The van der Waals surface area contributed by atoms with E-state index in [1.807, 2.05) is 30.3 Å². The standard InChI is InChI=1S/C31H27Cl2N9O3/c32-24-7-8-26(42-19-35-39-40-42)21(16-24)6-9-27(43)36-25(14-20-4-2-1-3-5-20)30-37-28(29(33)38-30)22-15-23(18-34-17-22)31(44)41-10-12-45-13-11-41/h1-9,15-19,25H,10-14H2,(H,36,43)(H,37,38)/t25-/m0/s1. The Kier molecular flexibility index (Phi) is 9.24. The molecular weight excluding hydrogens is 617 g/mol. The second kappa shape index (κ2) is 13.8. The van der Waals surface area contributed by atoms with Gasteiger partial charge in [0.05, 0.1) is 30.5 Å². The van der Waals surface area contributed by atoms with E-state index in [2.05, 4.69) is 30.8 Å². The lowest BCUT2D eigenvalue weighted by atomic mass is 10.1. The second-order valence-electron chi connectivity index (χ2n) is 10.2. The molecule has 0 spiro atoms. The highest BCUT2D eigenvalue weighted by molar-refractivity contribution is 6.32. The summed E-state index contributed by atoms with van der Waals surface area (Å²) in [7, 11) is 0. The second-order valence-corrected chi connectivity index (χ2v) is 11.0. The topological polar surface area (TPSA) is 144 Å². The lowest BCUT2D eigenvalue weighted by Gasteiger charge is -2.26. The van der Waals surface area contributed by atoms with Crippen molar-refractivity contribution in [2.45, 2.75) is 12.5 Å². The number of hydrogen-bond donors (Lipinski definition) is 2. The minimum atomic E-state index is -0.569. The Hall–Kier alpha value is -4.91. The molecule has 14 heteroatoms. The molecule has 0 aliphatic carbocycles. The minimum absolute atomic E-state index is 0.136. The van der Waals surface area contributed by atoms with E-state index in [0.717, 1.165) is 5.56 Å². The quantitative estimate of drug-likeness (QED) is 0.226. The molecular formula is C31H27Cl2N9O3. The number of H-pyrrole nitrogens is 1. The smallest absolute Gasteiger partial charge is 0.255 e. The molecule has 12 nitrogen and oxygen atoms in total. The SMILES string of the molecule is O=C(C=Cc1cc(Cl)ccc1-n1cnnn1)N[C@@H](Cc1ccccc1)c1nc(-c2cncc(C(=O)N3CCOCC3)c2)c(Cl)[nH]1. The van der Waals surface area contributed by atoms with Crippen LogP contribution in [0.1, 0.15) is 33.4 Å². The number of rotatable bonds is 9. The van der Waals surface area contributed by atoms with Gasteiger partial charge in [-0.1, -0.05) is 53.5 Å². The van der Waals surface area contributed by atoms with Crippen molar-refractivity contribution in [3.05, 3.63) is 112 Å². The monoisotopic (exact) mass is 643 g/mol. The van der Waals surface area contributed by atoms with Gasteiger partial charge in [-0.25, -0.2) is 4.98 Å². The third kappa shape index (κ3) is 7.26. The van der Waals surface area contributed by atoms with Crippen molar-refractivity contribution >= 4 is 41.1 Å². The van der Waals surface area contributed by atoms with E-state index in [-0.39, 0.29) is 17.0 Å². The van der Waals surface area contributed by atoms with Crippen LogP contribution in [0.3, 0.4) is 0 Å². The number of imidazole rings is 1. The van der Waals surface area contributed by atoms with Gasteiger partial charge in [-0.15, -0.1) is 5.10 Å². The van der Waals surface area contributed by atoms with E-state index >= 15 is 0 Å². The average Bonchev–Trinajstić information content (AvgIpc) is 3.74. The number of tetrazole rings is 1. The number of carbonyl (C=O) groups excluding carboxylic acids is 2. The van der Waals surface area contributed by atoms with Crippen molar-refractivity contribution < 1.29 is 14.3 Å². The van der Waals surface area contributed by atoms with Gasteiger partial charge < -0.3 is 19.9 Å². The van der Waals surface area contributed by atoms with Crippen LogP contribution in [-0.2, 0) is 16.0 Å². The molecule has 1 atom stereocenters. The van der Waals surface area contributed by atoms with Gasteiger partial charge in [-0.3, -0.25) is 14.6 Å². The predicted molar refractivity (Wildman–Crippen MR) is 168 cm³/mol. The Balaban J connectivity index is 1.26. The van der Waals surface area contributed by atoms with Gasteiger partial charge in [0, 0.05) is 47.7 Å². The molecule has 2 N–H and O–H groups in total. The fraction of sp³-hybridized carbons (Fsp3) is 0.194. The zero-order chi connectivity index (χ0) is 31.2. The number of nitrogens with zero attached hydrogens (tertiary/aromatic N) is 7. The summed E-state index contributed by atoms with van der Waals surface area (Å²) in [6.45, 7) is 2.03. The largest absolute Gasteiger partial charge is 0.378 e. The van der Waals surface area contributed by atoms with Gasteiger partial charge >= 0.3 is 0 Å². The van der Waals surface area contributed by atoms with Crippen molar-refractivity contribution in [1.82, 2.24) is 45.4 Å². The number of halogens is 2. The van der Waals surface area contributed by atoms with Crippen LogP contribution in [0.2, 0.25) is 10.2 Å². The summed E-state index contributed by atoms with van der Waals surface area (Å²) >= 11 is 12.9. The van der Waals surface area contributed by atoms with Crippen LogP contribution in [0.25, 0.3) is 23.0 Å². The Morgan fingerprint density at radius 1 is 1.07 bits per heavy atom. The molecule has 1 aliphatic heterocycles. The van der Waals surface area contributed by atoms with Gasteiger partial charge in [-0.2, -0.15) is 4.68 Å². The minimum Gasteiger partial charge on any atom is -0.378 e. The molecule has 4 heterocycles. The molecule has 0 radical (unpaired) electrons. The zero-order valence-corrected chi connectivity index (χ0v) is 25.3. The van der Waals surface area contributed by atoms with E-state index in [1.165, 1.54) is 23.3 Å². The van der Waals surface area contributed by atoms with Crippen molar-refractivity contribution in [3.63, 3.8) is 0 Å². The molecule has 1 fully saturated rings. The number of hydrogen-bond acceptors (Lipinski definition) is 8. The summed E-state index contributed by atoms with van der Waals surface area (Å²) in [5, 5.41) is 15.1. The third-order valence-electron chi connectivity index (χ3n) is 7.16. The fourth-order valence-corrected chi connectivity index (χ4v) is 5.38. The van der Waals surface area contributed by atoms with Crippen LogP contribution < -0.4 is 5.32 Å². The molecule has 0 bridgehead atoms. The number of pyridine rings is 1. The number of benzene rings is 2. The van der Waals surface area contributed by atoms with Crippen LogP contribution in [0.15, 0.2) is 79.4 Å². The van der Waals surface area contributed by atoms with Crippen LogP contribution in [-0.4, -0.2) is 78.2 Å². The van der Waals surface area contributed by atoms with Crippen molar-refractivity contribution in [1.29, 1.82) is 0 Å². The summed E-state index contributed by atoms with van der Waals surface area (Å²) in [5.74, 6) is -0.0569. The molecule has 0 unspecified atom stereocenters. The highest BCUT2D eigenvalue weighted by Gasteiger charge is 2.23. The zero-order valence-electron chi connectivity index (χ0n) is 23.8. The molecule has 0 saturated carbocycles. The lowest BCUT2D eigenvalue weighted by Crippen LogP contribution is -2.40. The molecule has 5 aromatic rings. The number of aromatic nitrogens is 7. The average molecular weight is 645 g/mol. The van der Waals surface area contributed by atoms with Crippen molar-refractivity contribution in [2.24, 2.45) is 0 Å². The van der Waals surface area contributed by atoms with E-state index in [9.17, 15) is 9.59 Å². The molecule has 1 aliphatic rings. The molecule has 2 amide bonds. The number of morpholine rings is 1. The van der Waals surface area contributed by atoms with Crippen LogP contribution >= 0.6 is 23.2 Å². The lowest BCUT2D eigenvalue weighted by molar-refractivity contribution is -0.117. The maximum atomic E-state index is 13.3. The summed E-state index contributed by atoms with van der Waals surface area (Å²) in [4.78, 5) is 40.3. The third-order valence-corrected chi connectivity index (χ3v) is 7.67. The van der Waals surface area contributed by atoms with E-state index < -0.39 is 6.04 Å². The van der Waals surface area contributed by atoms with E-state index in [4.69, 9.17) is 32.9 Å². The van der Waals surface area contributed by atoms with E-state index in [0.29, 0.717) is 71.6 Å². The molecule has 2 aromatic carbocycles. The Bertz CT molecular complexity index is 1820. The van der Waals surface area contributed by atoms with Crippen molar-refractivity contribution in [3.8, 4) is 16.9 Å². The molecule has 45 heavy (non-hydrogen) atoms. The first-order chi connectivity index (χ1) is 21.9. The van der Waals surface area contributed by atoms with Crippen LogP contribution in [0.5, 0.6) is 0 Å². The first-order valence-corrected chi connectivity index (χ1v) is 14.8. The molecule has 3 aromatic heterocycles. The van der Waals surface area contributed by atoms with Gasteiger partial charge in [0.15, 0.2) is 0 Å². The van der Waals surface area contributed by atoms with Crippen LogP contribution in [0.4, 0.5) is 0 Å². The molecule has 1 saturated heterocycles. The highest BCUT2D eigenvalue weighted by Crippen LogP contribution is 2.29. The maximum absolute atomic E-state index is 13.3. The Morgan fingerprint density at radius 3 is 2.67 bits per heavy atom. The summed E-state index contributed by atoms with van der Waals surface area (Å²) in [6.07, 6.45) is 8.07. The number of nitrogens with one attached hydrogen (secondary N) is 2. The Labute approximate surface area is 268 Å². The number of amides is 2. The first-order valence-electron chi connectivity index (χ1n) is 14.1. The predicted octanol–water partition coefficient (Wildman–Crippen LogP) is 4.34. The normalized spacial score (nSPS) is 14.0. The first kappa shape index (κ1) is 30.1. The van der Waals surface area contributed by atoms with Gasteiger partial charge in [0.25, 0.3) is 5.91 Å². The van der Waals surface area contributed by atoms with Gasteiger partial charge in [0.1, 0.15) is 23.0 Å². The number of ether oxygens (including phenoxy) is 1. The van der Waals surface area contributed by atoms with Crippen LogP contribution in [0, 0.1) is 0 Å². The Morgan fingerprint density at radius 2 is 1.89 bits per heavy atom. The summed E-state index contributed by atoms with van der Waals surface area (Å²) in [6, 6.07) is 16.1. The fourth-order valence-electron chi connectivity index (χ4n) is 4.95. The van der Waals surface area contributed by atoms with Crippen molar-refractivity contribution in [2.75, 3.05) is 26.3 Å². The molecule has 6 rings (SSSR count). The van der Waals surface area contributed by atoms with E-state index in [1.54, 1.807) is 41.4 Å². The number of carbonyl (C=O) groups is 2. The maximum Gasteiger partial charge on any atom is 0.255 e.